The van der Waals surface area contributed by atoms with Gasteiger partial charge in [0.15, 0.2) is 5.58 Å². The minimum Gasteiger partial charge on any atom is -0.390 e. The normalized spacial score (nSPS) is 18.4. The van der Waals surface area contributed by atoms with E-state index >= 15 is 0 Å². The number of halogens is 3. The van der Waals surface area contributed by atoms with Crippen LogP contribution in [-0.4, -0.2) is 52.3 Å². The Morgan fingerprint density at radius 3 is 2.32 bits per heavy atom. The maximum Gasteiger partial charge on any atom is 0.170 e. The number of aliphatic hydroxyl groups excluding tert-OH is 1. The molecule has 0 amide bonds. The van der Waals surface area contributed by atoms with Gasteiger partial charge in [0.2, 0.25) is 0 Å². The molecule has 2 aliphatic rings. The summed E-state index contributed by atoms with van der Waals surface area (Å²) in [6.45, 7) is 5.11. The van der Waals surface area contributed by atoms with Gasteiger partial charge in [0.05, 0.1) is 11.8 Å². The first-order chi connectivity index (χ1) is 14.2. The summed E-state index contributed by atoms with van der Waals surface area (Å²) in [6.07, 6.45) is 1.60. The third kappa shape index (κ3) is 5.21. The molecule has 0 bridgehead atoms. The Hall–Kier alpha value is -1.70. The highest BCUT2D eigenvalue weighted by atomic mass is 35.5. The molecule has 3 aromatic rings. The van der Waals surface area contributed by atoms with Gasteiger partial charge in [-0.15, -0.1) is 24.8 Å². The van der Waals surface area contributed by atoms with E-state index in [1.165, 1.54) is 23.3 Å². The van der Waals surface area contributed by atoms with Gasteiger partial charge < -0.3 is 14.5 Å². The van der Waals surface area contributed by atoms with Gasteiger partial charge in [0.1, 0.15) is 5.82 Å². The second-order valence-electron chi connectivity index (χ2n) is 8.38. The molecule has 2 aliphatic heterocycles. The number of piperidine rings is 1. The van der Waals surface area contributed by atoms with Crippen LogP contribution in [0.5, 0.6) is 0 Å². The van der Waals surface area contributed by atoms with Crippen LogP contribution in [-0.2, 0) is 13.1 Å². The lowest BCUT2D eigenvalue weighted by molar-refractivity contribution is 0.0634. The molecule has 1 aromatic heterocycles. The van der Waals surface area contributed by atoms with Crippen LogP contribution in [0.25, 0.3) is 11.0 Å². The molecule has 1 saturated heterocycles. The van der Waals surface area contributed by atoms with E-state index in [0.717, 1.165) is 50.1 Å². The first-order valence-electron chi connectivity index (χ1n) is 10.4. The number of benzene rings is 2. The molecule has 0 saturated carbocycles. The number of hydrogen-bond donors (Lipinski definition) is 1. The fraction of sp³-hybridized carbons (Fsp3) is 0.435. The van der Waals surface area contributed by atoms with Crippen LogP contribution < -0.4 is 0 Å². The number of fused-ring (bicyclic) bond motifs is 2. The van der Waals surface area contributed by atoms with Gasteiger partial charge in [-0.1, -0.05) is 29.4 Å². The number of rotatable bonds is 5. The summed E-state index contributed by atoms with van der Waals surface area (Å²) in [5.41, 5.74) is 4.21. The molecule has 0 spiro atoms. The Morgan fingerprint density at radius 1 is 1.00 bits per heavy atom. The lowest BCUT2D eigenvalue weighted by Crippen LogP contribution is -2.42. The molecule has 31 heavy (non-hydrogen) atoms. The van der Waals surface area contributed by atoms with Gasteiger partial charge in [0.25, 0.3) is 0 Å². The van der Waals surface area contributed by atoms with Gasteiger partial charge in [-0.3, -0.25) is 4.90 Å². The predicted octanol–water partition coefficient (Wildman–Crippen LogP) is 4.37. The fourth-order valence-corrected chi connectivity index (χ4v) is 4.80. The maximum atomic E-state index is 13.4. The molecule has 0 radical (unpaired) electrons. The Labute approximate surface area is 194 Å². The Bertz CT molecular complexity index is 982. The van der Waals surface area contributed by atoms with Crippen molar-refractivity contribution in [2.24, 2.45) is 0 Å². The third-order valence-corrected chi connectivity index (χ3v) is 6.28. The molecule has 5 nitrogen and oxygen atoms in total. The van der Waals surface area contributed by atoms with Crippen LogP contribution in [0, 0.1) is 5.82 Å². The molecule has 1 N–H and O–H groups in total. The van der Waals surface area contributed by atoms with E-state index in [0.29, 0.717) is 24.6 Å². The van der Waals surface area contributed by atoms with E-state index in [9.17, 15) is 9.50 Å². The van der Waals surface area contributed by atoms with Crippen molar-refractivity contribution < 1.29 is 14.0 Å². The van der Waals surface area contributed by atoms with Crippen molar-refractivity contribution in [3.63, 3.8) is 0 Å². The summed E-state index contributed by atoms with van der Waals surface area (Å²) in [4.78, 5) is 4.66. The van der Waals surface area contributed by atoms with Crippen molar-refractivity contribution in [3.8, 4) is 0 Å². The second kappa shape index (κ2) is 10.3. The molecule has 1 unspecified atom stereocenters. The number of aliphatic hydroxyl groups is 1. The SMILES string of the molecule is Cl.Cl.OC(CN1CCC(c2noc3cc(F)ccc23)CC1)CN1Cc2ccccc2C1. The van der Waals surface area contributed by atoms with Crippen LogP contribution in [0.1, 0.15) is 35.6 Å². The molecule has 3 heterocycles. The molecule has 2 aromatic carbocycles. The number of hydrogen-bond acceptors (Lipinski definition) is 5. The average molecular weight is 468 g/mol. The maximum absolute atomic E-state index is 13.4. The van der Waals surface area contributed by atoms with Crippen molar-refractivity contribution in [2.45, 2.75) is 38.0 Å². The molecule has 168 valence electrons. The summed E-state index contributed by atoms with van der Waals surface area (Å²) in [7, 11) is 0. The number of β-amino-alcohol motifs (C(OH)–C–C–N with tert-alkyl or cyclic N) is 1. The highest BCUT2D eigenvalue weighted by Gasteiger charge is 2.27. The molecule has 1 atom stereocenters. The van der Waals surface area contributed by atoms with Crippen LogP contribution in [0.2, 0.25) is 0 Å². The highest BCUT2D eigenvalue weighted by molar-refractivity contribution is 5.85. The first-order valence-corrected chi connectivity index (χ1v) is 10.4. The van der Waals surface area contributed by atoms with Crippen LogP contribution in [0.4, 0.5) is 4.39 Å². The average Bonchev–Trinajstić information content (AvgIpc) is 3.31. The lowest BCUT2D eigenvalue weighted by atomic mass is 9.91. The number of aromatic nitrogens is 1. The summed E-state index contributed by atoms with van der Waals surface area (Å²) < 4.78 is 18.7. The van der Waals surface area contributed by atoms with Gasteiger partial charge >= 0.3 is 0 Å². The zero-order chi connectivity index (χ0) is 19.8. The van der Waals surface area contributed by atoms with Crippen LogP contribution in [0.3, 0.4) is 0 Å². The quantitative estimate of drug-likeness (QED) is 0.603. The molecule has 5 rings (SSSR count). The van der Waals surface area contributed by atoms with Crippen molar-refractivity contribution in [2.75, 3.05) is 26.2 Å². The molecular formula is C23H28Cl2FN3O2. The molecule has 0 aliphatic carbocycles. The van der Waals surface area contributed by atoms with Gasteiger partial charge in [-0.2, -0.15) is 0 Å². The summed E-state index contributed by atoms with van der Waals surface area (Å²) in [5.74, 6) is 0.0216. The van der Waals surface area contributed by atoms with Crippen LogP contribution in [0.15, 0.2) is 47.0 Å². The van der Waals surface area contributed by atoms with Gasteiger partial charge in [-0.05, 0) is 49.2 Å². The molecular weight excluding hydrogens is 440 g/mol. The summed E-state index contributed by atoms with van der Waals surface area (Å²) in [6, 6.07) is 13.1. The van der Waals surface area contributed by atoms with E-state index in [2.05, 4.69) is 39.2 Å². The summed E-state index contributed by atoms with van der Waals surface area (Å²) in [5, 5.41) is 15.7. The van der Waals surface area contributed by atoms with E-state index in [1.807, 2.05) is 0 Å². The van der Waals surface area contributed by atoms with Gasteiger partial charge in [0, 0.05) is 43.5 Å². The predicted molar refractivity (Wildman–Crippen MR) is 123 cm³/mol. The Kier molecular flexibility index (Phi) is 7.94. The smallest absolute Gasteiger partial charge is 0.170 e. The van der Waals surface area contributed by atoms with E-state index < -0.39 is 0 Å². The third-order valence-electron chi connectivity index (χ3n) is 6.28. The number of likely N-dealkylation sites (tertiary alicyclic amines) is 1. The van der Waals surface area contributed by atoms with Crippen molar-refractivity contribution in [1.29, 1.82) is 0 Å². The van der Waals surface area contributed by atoms with E-state index in [4.69, 9.17) is 4.52 Å². The largest absolute Gasteiger partial charge is 0.390 e. The van der Waals surface area contributed by atoms with Crippen LogP contribution >= 0.6 is 24.8 Å². The van der Waals surface area contributed by atoms with Crippen molar-refractivity contribution in [3.05, 3.63) is 65.1 Å². The minimum absolute atomic E-state index is 0. The van der Waals surface area contributed by atoms with Crippen molar-refractivity contribution >= 4 is 35.8 Å². The topological polar surface area (TPSA) is 52.7 Å². The lowest BCUT2D eigenvalue weighted by Gasteiger charge is -2.33. The molecule has 1 fully saturated rings. The highest BCUT2D eigenvalue weighted by Crippen LogP contribution is 2.33. The zero-order valence-corrected chi connectivity index (χ0v) is 18.9. The van der Waals surface area contributed by atoms with Gasteiger partial charge in [-0.25, -0.2) is 4.39 Å². The Morgan fingerprint density at radius 2 is 1.65 bits per heavy atom. The Balaban J connectivity index is 0.00000136. The minimum atomic E-state index is -0.350. The van der Waals surface area contributed by atoms with E-state index in [1.54, 1.807) is 6.07 Å². The monoisotopic (exact) mass is 467 g/mol. The fourth-order valence-electron chi connectivity index (χ4n) is 4.80. The van der Waals surface area contributed by atoms with Crippen molar-refractivity contribution in [1.82, 2.24) is 15.0 Å². The first kappa shape index (κ1) is 24.0. The summed E-state index contributed by atoms with van der Waals surface area (Å²) >= 11 is 0. The zero-order valence-electron chi connectivity index (χ0n) is 17.2. The standard InChI is InChI=1S/C23H26FN3O2.2ClH/c24-19-5-6-21-22(11-19)29-25-23(21)16-7-9-26(10-8-16)14-20(28)15-27-12-17-3-1-2-4-18(17)13-27;;/h1-6,11,16,20,28H,7-10,12-15H2;2*1H. The molecule has 8 heteroatoms. The second-order valence-corrected chi connectivity index (χ2v) is 8.38. The number of nitrogens with zero attached hydrogens (tertiary/aromatic N) is 3. The van der Waals surface area contributed by atoms with E-state index in [-0.39, 0.29) is 36.7 Å².